The van der Waals surface area contributed by atoms with Crippen molar-refractivity contribution in [1.82, 2.24) is 10.6 Å². The van der Waals surface area contributed by atoms with E-state index in [1.54, 1.807) is 14.2 Å². The van der Waals surface area contributed by atoms with Crippen LogP contribution in [0.2, 0.25) is 0 Å². The second kappa shape index (κ2) is 6.50. The minimum Gasteiger partial charge on any atom is -0.369 e. The zero-order valence-electron chi connectivity index (χ0n) is 12.1. The molecule has 0 aromatic heterocycles. The van der Waals surface area contributed by atoms with Crippen molar-refractivity contribution < 1.29 is 14.3 Å². The summed E-state index contributed by atoms with van der Waals surface area (Å²) in [6, 6.07) is 0.329. The standard InChI is InChI=1S/C13H26N2O3/c1-6-13(3,18-5)12(16)15-10-7-8-11(17-4)14-9(10)2/h9-11,14H,6-8H2,1-5H3,(H,15,16)/t9?,10?,11?,13-/m1/s1. The normalized spacial score (nSPS) is 31.7. The van der Waals surface area contributed by atoms with Crippen molar-refractivity contribution in [2.45, 2.75) is 63.9 Å². The monoisotopic (exact) mass is 258 g/mol. The van der Waals surface area contributed by atoms with E-state index in [9.17, 15) is 4.79 Å². The van der Waals surface area contributed by atoms with Crippen LogP contribution >= 0.6 is 0 Å². The number of methoxy groups -OCH3 is 2. The number of rotatable bonds is 5. The lowest BCUT2D eigenvalue weighted by Gasteiger charge is -2.37. The van der Waals surface area contributed by atoms with Gasteiger partial charge < -0.3 is 14.8 Å². The van der Waals surface area contributed by atoms with Crippen LogP contribution in [0.4, 0.5) is 0 Å². The summed E-state index contributed by atoms with van der Waals surface area (Å²) in [5.74, 6) is -0.0398. The third kappa shape index (κ3) is 3.43. The highest BCUT2D eigenvalue weighted by Crippen LogP contribution is 2.18. The lowest BCUT2D eigenvalue weighted by Crippen LogP contribution is -2.59. The van der Waals surface area contributed by atoms with Crippen molar-refractivity contribution in [1.29, 1.82) is 0 Å². The zero-order chi connectivity index (χ0) is 13.8. The predicted octanol–water partition coefficient (Wildman–Crippen LogP) is 1.03. The lowest BCUT2D eigenvalue weighted by molar-refractivity contribution is -0.143. The second-order valence-corrected chi connectivity index (χ2v) is 5.13. The second-order valence-electron chi connectivity index (χ2n) is 5.13. The van der Waals surface area contributed by atoms with Gasteiger partial charge in [-0.05, 0) is 33.1 Å². The molecule has 2 N–H and O–H groups in total. The van der Waals surface area contributed by atoms with E-state index < -0.39 is 5.60 Å². The maximum absolute atomic E-state index is 12.2. The molecule has 0 bridgehead atoms. The van der Waals surface area contributed by atoms with E-state index in [4.69, 9.17) is 9.47 Å². The Bertz CT molecular complexity index is 279. The molecule has 0 aromatic carbocycles. The molecule has 0 radical (unpaired) electrons. The first-order valence-electron chi connectivity index (χ1n) is 6.61. The number of hydrogen-bond acceptors (Lipinski definition) is 4. The van der Waals surface area contributed by atoms with E-state index in [1.807, 2.05) is 13.8 Å². The number of piperidine rings is 1. The van der Waals surface area contributed by atoms with Crippen molar-refractivity contribution in [2.24, 2.45) is 0 Å². The molecule has 5 heteroatoms. The molecule has 1 aliphatic rings. The van der Waals surface area contributed by atoms with Crippen LogP contribution in [0.1, 0.15) is 40.0 Å². The quantitative estimate of drug-likeness (QED) is 0.773. The molecule has 1 rings (SSSR count). The fraction of sp³-hybridized carbons (Fsp3) is 0.923. The number of carbonyl (C=O) groups excluding carboxylic acids is 1. The molecule has 0 spiro atoms. The Morgan fingerprint density at radius 1 is 1.44 bits per heavy atom. The maximum atomic E-state index is 12.2. The molecule has 18 heavy (non-hydrogen) atoms. The Balaban J connectivity index is 2.55. The first-order valence-corrected chi connectivity index (χ1v) is 6.61. The molecule has 1 amide bonds. The molecule has 1 fully saturated rings. The molecule has 0 aromatic rings. The van der Waals surface area contributed by atoms with Crippen molar-refractivity contribution in [3.8, 4) is 0 Å². The minimum absolute atomic E-state index is 0.0398. The van der Waals surface area contributed by atoms with Gasteiger partial charge in [0.05, 0.1) is 0 Å². The minimum atomic E-state index is -0.738. The molecule has 1 saturated heterocycles. The van der Waals surface area contributed by atoms with Gasteiger partial charge in [0.2, 0.25) is 0 Å². The Morgan fingerprint density at radius 2 is 2.11 bits per heavy atom. The van der Waals surface area contributed by atoms with E-state index in [-0.39, 0.29) is 24.2 Å². The largest absolute Gasteiger partial charge is 0.369 e. The van der Waals surface area contributed by atoms with Crippen molar-refractivity contribution in [3.05, 3.63) is 0 Å². The topological polar surface area (TPSA) is 59.6 Å². The smallest absolute Gasteiger partial charge is 0.252 e. The van der Waals surface area contributed by atoms with E-state index in [2.05, 4.69) is 17.6 Å². The third-order valence-electron chi connectivity index (χ3n) is 4.00. The lowest BCUT2D eigenvalue weighted by atomic mass is 9.96. The number of ether oxygens (including phenoxy) is 2. The highest BCUT2D eigenvalue weighted by molar-refractivity contribution is 5.85. The van der Waals surface area contributed by atoms with Crippen LogP contribution in [0.3, 0.4) is 0 Å². The predicted molar refractivity (Wildman–Crippen MR) is 70.3 cm³/mol. The van der Waals surface area contributed by atoms with Crippen LogP contribution in [-0.4, -0.2) is 44.0 Å². The van der Waals surface area contributed by atoms with E-state index >= 15 is 0 Å². The van der Waals surface area contributed by atoms with Gasteiger partial charge in [-0.15, -0.1) is 0 Å². The van der Waals surface area contributed by atoms with Crippen molar-refractivity contribution in [3.63, 3.8) is 0 Å². The van der Waals surface area contributed by atoms with Gasteiger partial charge in [-0.2, -0.15) is 0 Å². The molecule has 1 heterocycles. The fourth-order valence-corrected chi connectivity index (χ4v) is 2.18. The van der Waals surface area contributed by atoms with Crippen LogP contribution in [0.5, 0.6) is 0 Å². The Morgan fingerprint density at radius 3 is 2.56 bits per heavy atom. The number of hydrogen-bond donors (Lipinski definition) is 2. The summed E-state index contributed by atoms with van der Waals surface area (Å²) in [4.78, 5) is 12.2. The summed E-state index contributed by atoms with van der Waals surface area (Å²) in [6.45, 7) is 5.83. The van der Waals surface area contributed by atoms with Crippen LogP contribution in [0.15, 0.2) is 0 Å². The molecule has 0 aliphatic carbocycles. The SMILES string of the molecule is CC[C@@](C)(OC)C(=O)NC1CCC(OC)NC1C. The van der Waals surface area contributed by atoms with Gasteiger partial charge in [-0.25, -0.2) is 0 Å². The Labute approximate surface area is 110 Å². The molecule has 3 unspecified atom stereocenters. The Hall–Kier alpha value is -0.650. The highest BCUT2D eigenvalue weighted by Gasteiger charge is 2.35. The van der Waals surface area contributed by atoms with Gasteiger partial charge in [0.15, 0.2) is 0 Å². The molecule has 4 atom stereocenters. The van der Waals surface area contributed by atoms with Gasteiger partial charge in [0, 0.05) is 26.3 Å². The summed E-state index contributed by atoms with van der Waals surface area (Å²) in [6.07, 6.45) is 2.57. The molecule has 1 aliphatic heterocycles. The van der Waals surface area contributed by atoms with Crippen LogP contribution in [-0.2, 0) is 14.3 Å². The van der Waals surface area contributed by atoms with Crippen LogP contribution in [0.25, 0.3) is 0 Å². The summed E-state index contributed by atoms with van der Waals surface area (Å²) in [7, 11) is 3.27. The molecular weight excluding hydrogens is 232 g/mol. The summed E-state index contributed by atoms with van der Waals surface area (Å²) >= 11 is 0. The average Bonchev–Trinajstić information content (AvgIpc) is 2.39. The third-order valence-corrected chi connectivity index (χ3v) is 4.00. The van der Waals surface area contributed by atoms with Crippen molar-refractivity contribution >= 4 is 5.91 Å². The van der Waals surface area contributed by atoms with E-state index in [1.165, 1.54) is 0 Å². The van der Waals surface area contributed by atoms with E-state index in [0.29, 0.717) is 6.42 Å². The fourth-order valence-electron chi connectivity index (χ4n) is 2.18. The first kappa shape index (κ1) is 15.4. The maximum Gasteiger partial charge on any atom is 0.252 e. The van der Waals surface area contributed by atoms with Crippen LogP contribution < -0.4 is 10.6 Å². The molecule has 106 valence electrons. The number of carbonyl (C=O) groups is 1. The van der Waals surface area contributed by atoms with Gasteiger partial charge >= 0.3 is 0 Å². The van der Waals surface area contributed by atoms with Crippen molar-refractivity contribution in [2.75, 3.05) is 14.2 Å². The summed E-state index contributed by atoms with van der Waals surface area (Å²) in [5.41, 5.74) is -0.738. The highest BCUT2D eigenvalue weighted by atomic mass is 16.5. The zero-order valence-corrected chi connectivity index (χ0v) is 12.1. The molecule has 5 nitrogen and oxygen atoms in total. The Kier molecular flexibility index (Phi) is 5.56. The number of amides is 1. The number of nitrogens with one attached hydrogen (secondary N) is 2. The molecule has 0 saturated carbocycles. The van der Waals surface area contributed by atoms with Gasteiger partial charge in [0.25, 0.3) is 5.91 Å². The van der Waals surface area contributed by atoms with Gasteiger partial charge in [-0.1, -0.05) is 6.92 Å². The summed E-state index contributed by atoms with van der Waals surface area (Å²) in [5, 5.41) is 6.40. The first-order chi connectivity index (χ1) is 8.46. The van der Waals surface area contributed by atoms with Gasteiger partial charge in [-0.3, -0.25) is 10.1 Å². The van der Waals surface area contributed by atoms with E-state index in [0.717, 1.165) is 12.8 Å². The molecular formula is C13H26N2O3. The van der Waals surface area contributed by atoms with Crippen LogP contribution in [0, 0.1) is 0 Å². The summed E-state index contributed by atoms with van der Waals surface area (Å²) < 4.78 is 10.6. The average molecular weight is 258 g/mol. The van der Waals surface area contributed by atoms with Gasteiger partial charge in [0.1, 0.15) is 11.8 Å².